The van der Waals surface area contributed by atoms with Crippen molar-refractivity contribution in [2.45, 2.75) is 32.2 Å². The summed E-state index contributed by atoms with van der Waals surface area (Å²) < 4.78 is 5.24. The lowest BCUT2D eigenvalue weighted by atomic mass is 9.59. The lowest BCUT2D eigenvalue weighted by Crippen LogP contribution is -2.39. The van der Waals surface area contributed by atoms with E-state index in [0.29, 0.717) is 34.5 Å². The SMILES string of the molecule is COc1ccc([C@H]2C3=CC[C@@H]4C(=O)N(Cc5cccs5)C(=O)[C@@H]4[C@@H]3CC3=C2C(=O)C=C(C)C3=O)c(O)c1. The zero-order valence-electron chi connectivity index (χ0n) is 20.4. The molecule has 1 aliphatic heterocycles. The molecule has 4 aliphatic rings. The second-order valence-electron chi connectivity index (χ2n) is 10.00. The number of rotatable bonds is 4. The Balaban J connectivity index is 1.47. The molecule has 37 heavy (non-hydrogen) atoms. The first kappa shape index (κ1) is 23.6. The minimum Gasteiger partial charge on any atom is -0.507 e. The van der Waals surface area contributed by atoms with Crippen LogP contribution in [-0.2, 0) is 25.7 Å². The number of aromatic hydroxyl groups is 1. The van der Waals surface area contributed by atoms with Crippen LogP contribution >= 0.6 is 11.3 Å². The Hall–Kier alpha value is -3.78. The van der Waals surface area contributed by atoms with Crippen molar-refractivity contribution in [2.24, 2.45) is 17.8 Å². The number of carbonyl (C=O) groups is 4. The average Bonchev–Trinajstić information content (AvgIpc) is 3.49. The number of hydrogen-bond donors (Lipinski definition) is 1. The fraction of sp³-hybridized carbons (Fsp3) is 0.310. The lowest BCUT2D eigenvalue weighted by molar-refractivity contribution is -0.140. The molecule has 0 unspecified atom stereocenters. The molecule has 2 amide bonds. The number of fused-ring (bicyclic) bond motifs is 3. The third-order valence-corrected chi connectivity index (χ3v) is 8.96. The summed E-state index contributed by atoms with van der Waals surface area (Å²) in [5, 5.41) is 12.9. The Bertz CT molecular complexity index is 1460. The van der Waals surface area contributed by atoms with Crippen LogP contribution in [0.1, 0.15) is 36.1 Å². The number of thiophene rings is 1. The molecule has 0 radical (unpaired) electrons. The minimum atomic E-state index is -0.685. The van der Waals surface area contributed by atoms with Gasteiger partial charge in [-0.1, -0.05) is 23.8 Å². The summed E-state index contributed by atoms with van der Waals surface area (Å²) in [4.78, 5) is 56.0. The number of likely N-dealkylation sites (tertiary alicyclic amines) is 1. The van der Waals surface area contributed by atoms with Crippen LogP contribution in [0.4, 0.5) is 0 Å². The van der Waals surface area contributed by atoms with Crippen LogP contribution in [0.3, 0.4) is 0 Å². The number of benzene rings is 1. The Labute approximate surface area is 217 Å². The zero-order chi connectivity index (χ0) is 26.0. The standard InChI is InChI=1S/C29H25NO6S/c1-14-10-23(32)26-21(27(14)33)12-20-17(24(26)18-6-5-15(36-2)11-22(18)31)7-8-19-25(20)29(35)30(28(19)34)13-16-4-3-9-37-16/h3-7,9-11,19-20,24-25,31H,8,12-13H2,1-2H3/t19-,20+,24+,25-/m0/s1. The third-order valence-electron chi connectivity index (χ3n) is 8.10. The highest BCUT2D eigenvalue weighted by atomic mass is 32.1. The molecule has 188 valence electrons. The molecule has 0 bridgehead atoms. The number of hydrogen-bond acceptors (Lipinski definition) is 7. The minimum absolute atomic E-state index is 0.0560. The molecule has 2 heterocycles. The van der Waals surface area contributed by atoms with Gasteiger partial charge in [0.05, 0.1) is 25.5 Å². The number of phenols is 1. The Morgan fingerprint density at radius 1 is 1.11 bits per heavy atom. The predicted octanol–water partition coefficient (Wildman–Crippen LogP) is 4.09. The highest BCUT2D eigenvalue weighted by Crippen LogP contribution is 2.56. The summed E-state index contributed by atoms with van der Waals surface area (Å²) in [5.74, 6) is -2.72. The van der Waals surface area contributed by atoms with Gasteiger partial charge in [-0.15, -0.1) is 11.3 Å². The molecule has 8 heteroatoms. The number of phenolic OH excluding ortho intramolecular Hbond substituents is 1. The molecule has 4 atom stereocenters. The molecule has 1 fully saturated rings. The van der Waals surface area contributed by atoms with Crippen LogP contribution in [0.2, 0.25) is 0 Å². The van der Waals surface area contributed by atoms with E-state index in [1.165, 1.54) is 35.5 Å². The Morgan fingerprint density at radius 3 is 2.62 bits per heavy atom. The van der Waals surface area contributed by atoms with Crippen molar-refractivity contribution in [1.29, 1.82) is 0 Å². The van der Waals surface area contributed by atoms with Gasteiger partial charge in [-0.05, 0) is 49.3 Å². The van der Waals surface area contributed by atoms with E-state index >= 15 is 0 Å². The monoisotopic (exact) mass is 515 g/mol. The van der Waals surface area contributed by atoms with E-state index in [9.17, 15) is 24.3 Å². The zero-order valence-corrected chi connectivity index (χ0v) is 21.2. The first-order valence-corrected chi connectivity index (χ1v) is 13.1. The van der Waals surface area contributed by atoms with Gasteiger partial charge in [0, 0.05) is 39.1 Å². The predicted molar refractivity (Wildman–Crippen MR) is 136 cm³/mol. The summed E-state index contributed by atoms with van der Waals surface area (Å²) in [7, 11) is 1.50. The van der Waals surface area contributed by atoms with Crippen LogP contribution in [0.25, 0.3) is 0 Å². The summed E-state index contributed by atoms with van der Waals surface area (Å²) in [6.07, 6.45) is 3.90. The number of Topliss-reactive ketones (excluding diaryl/α,β-unsaturated/α-hetero) is 1. The largest absolute Gasteiger partial charge is 0.507 e. The van der Waals surface area contributed by atoms with Crippen molar-refractivity contribution in [3.05, 3.63) is 80.6 Å². The quantitative estimate of drug-likeness (QED) is 0.374. The van der Waals surface area contributed by atoms with Crippen LogP contribution in [0.15, 0.2) is 70.2 Å². The average molecular weight is 516 g/mol. The molecule has 1 aromatic carbocycles. The molecule has 0 spiro atoms. The van der Waals surface area contributed by atoms with Crippen LogP contribution in [0.5, 0.6) is 11.5 Å². The molecule has 2 aromatic rings. The van der Waals surface area contributed by atoms with Crippen molar-refractivity contribution in [3.8, 4) is 11.5 Å². The molecule has 1 saturated heterocycles. The first-order valence-electron chi connectivity index (χ1n) is 12.2. The number of allylic oxidation sites excluding steroid dienone is 6. The Kier molecular flexibility index (Phi) is 5.53. The number of nitrogens with zero attached hydrogens (tertiary/aromatic N) is 1. The first-order chi connectivity index (χ1) is 17.8. The number of ether oxygens (including phenoxy) is 1. The van der Waals surface area contributed by atoms with Crippen molar-refractivity contribution in [2.75, 3.05) is 7.11 Å². The summed E-state index contributed by atoms with van der Waals surface area (Å²) >= 11 is 1.49. The second kappa shape index (κ2) is 8.66. The summed E-state index contributed by atoms with van der Waals surface area (Å²) in [5.41, 5.74) is 2.38. The Morgan fingerprint density at radius 2 is 1.92 bits per heavy atom. The van der Waals surface area contributed by atoms with Gasteiger partial charge in [0.2, 0.25) is 11.8 Å². The number of methoxy groups -OCH3 is 1. The molecule has 3 aliphatic carbocycles. The van der Waals surface area contributed by atoms with Gasteiger partial charge >= 0.3 is 0 Å². The van der Waals surface area contributed by atoms with Crippen molar-refractivity contribution >= 4 is 34.7 Å². The van der Waals surface area contributed by atoms with Crippen LogP contribution in [-0.4, -0.2) is 40.5 Å². The van der Waals surface area contributed by atoms with Gasteiger partial charge in [0.15, 0.2) is 11.6 Å². The maximum absolute atomic E-state index is 13.7. The van der Waals surface area contributed by atoms with Gasteiger partial charge in [0.1, 0.15) is 11.5 Å². The lowest BCUT2D eigenvalue weighted by Gasteiger charge is -2.42. The molecule has 6 rings (SSSR count). The van der Waals surface area contributed by atoms with Crippen LogP contribution < -0.4 is 4.74 Å². The van der Waals surface area contributed by atoms with Gasteiger partial charge in [-0.3, -0.25) is 24.1 Å². The van der Waals surface area contributed by atoms with Gasteiger partial charge < -0.3 is 9.84 Å². The maximum atomic E-state index is 13.7. The van der Waals surface area contributed by atoms with Gasteiger partial charge in [-0.25, -0.2) is 0 Å². The smallest absolute Gasteiger partial charge is 0.234 e. The number of amides is 2. The van der Waals surface area contributed by atoms with E-state index in [4.69, 9.17) is 4.74 Å². The maximum Gasteiger partial charge on any atom is 0.234 e. The van der Waals surface area contributed by atoms with E-state index in [-0.39, 0.29) is 42.1 Å². The van der Waals surface area contributed by atoms with Crippen molar-refractivity contribution < 1.29 is 29.0 Å². The van der Waals surface area contributed by atoms with Crippen molar-refractivity contribution in [3.63, 3.8) is 0 Å². The fourth-order valence-corrected chi connectivity index (χ4v) is 7.10. The number of imide groups is 1. The second-order valence-corrected chi connectivity index (χ2v) is 11.0. The van der Waals surface area contributed by atoms with E-state index in [1.54, 1.807) is 19.1 Å². The van der Waals surface area contributed by atoms with Crippen LogP contribution in [0, 0.1) is 17.8 Å². The molecular formula is C29H25NO6S. The molecule has 7 nitrogen and oxygen atoms in total. The van der Waals surface area contributed by atoms with E-state index < -0.39 is 23.7 Å². The highest BCUT2D eigenvalue weighted by molar-refractivity contribution is 7.09. The summed E-state index contributed by atoms with van der Waals surface area (Å²) in [6.45, 7) is 1.85. The summed E-state index contributed by atoms with van der Waals surface area (Å²) in [6, 6.07) is 8.67. The third kappa shape index (κ3) is 3.54. The van der Waals surface area contributed by atoms with E-state index in [1.807, 2.05) is 23.6 Å². The molecular weight excluding hydrogens is 490 g/mol. The van der Waals surface area contributed by atoms with Gasteiger partial charge in [0.25, 0.3) is 0 Å². The fourth-order valence-electron chi connectivity index (χ4n) is 6.41. The number of ketones is 2. The van der Waals surface area contributed by atoms with E-state index in [2.05, 4.69) is 0 Å². The van der Waals surface area contributed by atoms with Crippen molar-refractivity contribution in [1.82, 2.24) is 4.90 Å². The topological polar surface area (TPSA) is 101 Å². The van der Waals surface area contributed by atoms with E-state index in [0.717, 1.165) is 10.5 Å². The molecule has 1 N–H and O–H groups in total. The number of carbonyl (C=O) groups excluding carboxylic acids is 4. The molecule has 0 saturated carbocycles. The molecule has 1 aromatic heterocycles. The normalized spacial score (nSPS) is 27.0. The van der Waals surface area contributed by atoms with Gasteiger partial charge in [-0.2, -0.15) is 0 Å². The highest BCUT2D eigenvalue weighted by Gasteiger charge is 2.56.